The zero-order valence-electron chi connectivity index (χ0n) is 14.0. The van der Waals surface area contributed by atoms with E-state index in [1.54, 1.807) is 0 Å². The van der Waals surface area contributed by atoms with E-state index in [0.717, 1.165) is 76.1 Å². The average Bonchev–Trinajstić information content (AvgIpc) is 3.20. The lowest BCUT2D eigenvalue weighted by Gasteiger charge is -2.34. The maximum atomic E-state index is 12.6. The van der Waals surface area contributed by atoms with Gasteiger partial charge in [0.05, 0.1) is 25.4 Å². The molecule has 1 aromatic rings. The number of morpholine rings is 1. The quantitative estimate of drug-likeness (QED) is 0.737. The SMILES string of the molecule is O=C(N[C@@H]1CC[C@@H](N2CCOCC2)[C@@H]1O)c1n[nH]c2c1CCCC2. The fourth-order valence-corrected chi connectivity index (χ4v) is 4.33. The van der Waals surface area contributed by atoms with Gasteiger partial charge in [-0.2, -0.15) is 5.10 Å². The standard InChI is InChI=1S/C17H26N4O3/c22-16-13(5-6-14(16)21-7-9-24-10-8-21)18-17(23)15-11-3-1-2-4-12(11)19-20-15/h13-14,16,22H,1-10H2,(H,18,23)(H,19,20)/t13-,14-,16-/m1/s1. The molecule has 0 bridgehead atoms. The molecule has 3 atom stereocenters. The summed E-state index contributed by atoms with van der Waals surface area (Å²) in [5.74, 6) is -0.152. The van der Waals surface area contributed by atoms with Crippen LogP contribution < -0.4 is 5.32 Å². The summed E-state index contributed by atoms with van der Waals surface area (Å²) in [4.78, 5) is 14.9. The monoisotopic (exact) mass is 334 g/mol. The van der Waals surface area contributed by atoms with Gasteiger partial charge in [0.1, 0.15) is 0 Å². The van der Waals surface area contributed by atoms with Crippen molar-refractivity contribution in [2.75, 3.05) is 26.3 Å². The van der Waals surface area contributed by atoms with E-state index >= 15 is 0 Å². The van der Waals surface area contributed by atoms with Crippen LogP contribution in [-0.4, -0.2) is 70.6 Å². The van der Waals surface area contributed by atoms with Crippen molar-refractivity contribution in [1.29, 1.82) is 0 Å². The van der Waals surface area contributed by atoms with E-state index in [1.807, 2.05) is 0 Å². The third kappa shape index (κ3) is 2.96. The van der Waals surface area contributed by atoms with Crippen molar-refractivity contribution in [2.24, 2.45) is 0 Å². The molecule has 1 amide bonds. The van der Waals surface area contributed by atoms with Gasteiger partial charge in [0.2, 0.25) is 0 Å². The molecule has 2 aliphatic carbocycles. The molecule has 1 aliphatic heterocycles. The zero-order valence-corrected chi connectivity index (χ0v) is 14.0. The highest BCUT2D eigenvalue weighted by atomic mass is 16.5. The van der Waals surface area contributed by atoms with Gasteiger partial charge >= 0.3 is 0 Å². The molecular weight excluding hydrogens is 308 g/mol. The first-order valence-electron chi connectivity index (χ1n) is 9.11. The number of carbonyl (C=O) groups is 1. The van der Waals surface area contributed by atoms with Crippen LogP contribution in [-0.2, 0) is 17.6 Å². The Kier molecular flexibility index (Phi) is 4.56. The Morgan fingerprint density at radius 2 is 2.04 bits per heavy atom. The fraction of sp³-hybridized carbons (Fsp3) is 0.765. The molecule has 7 nitrogen and oxygen atoms in total. The highest BCUT2D eigenvalue weighted by Gasteiger charge is 2.39. The molecule has 24 heavy (non-hydrogen) atoms. The summed E-state index contributed by atoms with van der Waals surface area (Å²) in [5.41, 5.74) is 2.69. The van der Waals surface area contributed by atoms with Crippen LogP contribution >= 0.6 is 0 Å². The van der Waals surface area contributed by atoms with E-state index in [-0.39, 0.29) is 18.0 Å². The number of carbonyl (C=O) groups excluding carboxylic acids is 1. The van der Waals surface area contributed by atoms with Crippen LogP contribution in [0.2, 0.25) is 0 Å². The number of amides is 1. The molecule has 1 saturated carbocycles. The topological polar surface area (TPSA) is 90.5 Å². The first-order valence-corrected chi connectivity index (χ1v) is 9.11. The minimum Gasteiger partial charge on any atom is -0.389 e. The van der Waals surface area contributed by atoms with Gasteiger partial charge in [-0.1, -0.05) is 0 Å². The zero-order chi connectivity index (χ0) is 16.5. The van der Waals surface area contributed by atoms with E-state index in [4.69, 9.17) is 4.74 Å². The molecule has 0 spiro atoms. The highest BCUT2D eigenvalue weighted by molar-refractivity contribution is 5.94. The van der Waals surface area contributed by atoms with E-state index in [2.05, 4.69) is 20.4 Å². The Morgan fingerprint density at radius 1 is 1.25 bits per heavy atom. The summed E-state index contributed by atoms with van der Waals surface area (Å²) in [6, 6.07) is -0.0754. The molecular formula is C17H26N4O3. The van der Waals surface area contributed by atoms with Crippen LogP contribution in [0.1, 0.15) is 47.4 Å². The number of nitrogens with zero attached hydrogens (tertiary/aromatic N) is 2. The van der Waals surface area contributed by atoms with Gasteiger partial charge in [0, 0.05) is 30.4 Å². The molecule has 1 saturated heterocycles. The molecule has 7 heteroatoms. The number of aliphatic hydroxyl groups excluding tert-OH is 1. The van der Waals surface area contributed by atoms with Gasteiger partial charge in [0.25, 0.3) is 5.91 Å². The lowest BCUT2D eigenvalue weighted by molar-refractivity contribution is -0.0154. The Hall–Kier alpha value is -1.44. The minimum absolute atomic E-state index is 0.118. The lowest BCUT2D eigenvalue weighted by atomic mass is 9.95. The number of fused-ring (bicyclic) bond motifs is 1. The molecule has 0 radical (unpaired) electrons. The van der Waals surface area contributed by atoms with E-state index in [0.29, 0.717) is 5.69 Å². The summed E-state index contributed by atoms with van der Waals surface area (Å²) >= 11 is 0. The van der Waals surface area contributed by atoms with Gasteiger partial charge in [0.15, 0.2) is 5.69 Å². The minimum atomic E-state index is -0.526. The molecule has 0 unspecified atom stereocenters. The molecule has 1 aromatic heterocycles. The summed E-state index contributed by atoms with van der Waals surface area (Å²) in [5, 5.41) is 20.9. The van der Waals surface area contributed by atoms with Crippen molar-refractivity contribution in [3.63, 3.8) is 0 Å². The lowest BCUT2D eigenvalue weighted by Crippen LogP contribution is -2.51. The molecule has 0 aromatic carbocycles. The normalized spacial score (nSPS) is 31.0. The number of hydrogen-bond acceptors (Lipinski definition) is 5. The predicted octanol–water partition coefficient (Wildman–Crippen LogP) is 0.242. The first-order chi connectivity index (χ1) is 11.7. The summed E-state index contributed by atoms with van der Waals surface area (Å²) in [6.07, 6.45) is 5.34. The molecule has 3 aliphatic rings. The van der Waals surface area contributed by atoms with E-state index in [1.165, 1.54) is 0 Å². The number of aromatic nitrogens is 2. The Balaban J connectivity index is 1.40. The second kappa shape index (κ2) is 6.82. The number of hydrogen-bond donors (Lipinski definition) is 3. The van der Waals surface area contributed by atoms with Gasteiger partial charge in [-0.05, 0) is 38.5 Å². The van der Waals surface area contributed by atoms with Gasteiger partial charge < -0.3 is 15.2 Å². The van der Waals surface area contributed by atoms with Crippen molar-refractivity contribution in [1.82, 2.24) is 20.4 Å². The maximum absolute atomic E-state index is 12.6. The van der Waals surface area contributed by atoms with E-state index < -0.39 is 6.10 Å². The van der Waals surface area contributed by atoms with Crippen LogP contribution in [0.15, 0.2) is 0 Å². The highest BCUT2D eigenvalue weighted by Crippen LogP contribution is 2.27. The summed E-state index contributed by atoms with van der Waals surface area (Å²) < 4.78 is 5.38. The second-order valence-electron chi connectivity index (χ2n) is 7.10. The van der Waals surface area contributed by atoms with Crippen LogP contribution in [0.25, 0.3) is 0 Å². The maximum Gasteiger partial charge on any atom is 0.272 e. The average molecular weight is 334 g/mol. The number of H-pyrrole nitrogens is 1. The molecule has 4 rings (SSSR count). The van der Waals surface area contributed by atoms with Crippen LogP contribution in [0.4, 0.5) is 0 Å². The number of aryl methyl sites for hydroxylation is 1. The van der Waals surface area contributed by atoms with Crippen molar-refractivity contribution >= 4 is 5.91 Å². The van der Waals surface area contributed by atoms with Gasteiger partial charge in [-0.15, -0.1) is 0 Å². The van der Waals surface area contributed by atoms with Gasteiger partial charge in [-0.3, -0.25) is 14.8 Å². The van der Waals surface area contributed by atoms with Crippen molar-refractivity contribution in [3.8, 4) is 0 Å². The first kappa shape index (κ1) is 16.1. The molecule has 132 valence electrons. The second-order valence-corrected chi connectivity index (χ2v) is 7.10. The Morgan fingerprint density at radius 3 is 2.88 bits per heavy atom. The van der Waals surface area contributed by atoms with Crippen molar-refractivity contribution < 1.29 is 14.6 Å². The third-order valence-electron chi connectivity index (χ3n) is 5.68. The Bertz CT molecular complexity index is 597. The number of aromatic amines is 1. The molecule has 2 fully saturated rings. The van der Waals surface area contributed by atoms with Crippen LogP contribution in [0.3, 0.4) is 0 Å². The van der Waals surface area contributed by atoms with Crippen LogP contribution in [0.5, 0.6) is 0 Å². The summed E-state index contributed by atoms with van der Waals surface area (Å²) in [7, 11) is 0. The van der Waals surface area contributed by atoms with Crippen molar-refractivity contribution in [2.45, 2.75) is 56.7 Å². The predicted molar refractivity (Wildman–Crippen MR) is 87.9 cm³/mol. The summed E-state index contributed by atoms with van der Waals surface area (Å²) in [6.45, 7) is 3.16. The van der Waals surface area contributed by atoms with Crippen LogP contribution in [0, 0.1) is 0 Å². The fourth-order valence-electron chi connectivity index (χ4n) is 4.33. The smallest absolute Gasteiger partial charge is 0.272 e. The third-order valence-corrected chi connectivity index (χ3v) is 5.68. The number of nitrogens with one attached hydrogen (secondary N) is 2. The Labute approximate surface area is 141 Å². The van der Waals surface area contributed by atoms with Crippen molar-refractivity contribution in [3.05, 3.63) is 17.0 Å². The molecule has 3 N–H and O–H groups in total. The number of rotatable bonds is 3. The van der Waals surface area contributed by atoms with Gasteiger partial charge in [-0.25, -0.2) is 0 Å². The largest absolute Gasteiger partial charge is 0.389 e. The number of ether oxygens (including phenoxy) is 1. The van der Waals surface area contributed by atoms with E-state index in [9.17, 15) is 9.90 Å². The molecule has 2 heterocycles. The number of aliphatic hydroxyl groups is 1.